The molecular weight excluding hydrogens is 232 g/mol. The largest absolute Gasteiger partial charge is 0.458 e. The van der Waals surface area contributed by atoms with Gasteiger partial charge in [0, 0.05) is 13.7 Å². The van der Waals surface area contributed by atoms with Gasteiger partial charge in [0.2, 0.25) is 11.2 Å². The fraction of sp³-hybridized carbons (Fsp3) is 0.667. The lowest BCUT2D eigenvalue weighted by Crippen LogP contribution is -2.20. The average Bonchev–Trinajstić information content (AvgIpc) is 2.17. The van der Waals surface area contributed by atoms with Gasteiger partial charge in [-0.1, -0.05) is 0 Å². The molecule has 16 heavy (non-hydrogen) atoms. The van der Waals surface area contributed by atoms with Crippen LogP contribution in [0.25, 0.3) is 0 Å². The van der Waals surface area contributed by atoms with Crippen LogP contribution in [0.5, 0.6) is 6.01 Å². The summed E-state index contributed by atoms with van der Waals surface area (Å²) in [5.41, 5.74) is 0. The Morgan fingerprint density at radius 3 is 2.75 bits per heavy atom. The van der Waals surface area contributed by atoms with E-state index in [-0.39, 0.29) is 17.4 Å². The maximum absolute atomic E-state index is 5.73. The van der Waals surface area contributed by atoms with E-state index in [4.69, 9.17) is 21.1 Å². The molecule has 0 bridgehead atoms. The number of nitrogens with zero attached hydrogens (tertiary/aromatic N) is 3. The van der Waals surface area contributed by atoms with Crippen LogP contribution in [0.1, 0.15) is 13.8 Å². The molecule has 0 spiro atoms. The standard InChI is InChI=1S/C9H15ClN4O2/c1-4-11-8-12-7(10)13-9(14-8)16-6(2)5-15-3/h6H,4-5H2,1-3H3,(H,11,12,13,14). The summed E-state index contributed by atoms with van der Waals surface area (Å²) < 4.78 is 10.3. The van der Waals surface area contributed by atoms with Gasteiger partial charge in [-0.05, 0) is 25.4 Å². The number of hydrogen-bond acceptors (Lipinski definition) is 6. The quantitative estimate of drug-likeness (QED) is 0.818. The Bertz CT molecular complexity index is 337. The fourth-order valence-electron chi connectivity index (χ4n) is 1.07. The summed E-state index contributed by atoms with van der Waals surface area (Å²) in [6.45, 7) is 4.95. The zero-order valence-electron chi connectivity index (χ0n) is 9.53. The summed E-state index contributed by atoms with van der Waals surface area (Å²) in [6, 6.07) is 0.195. The Hall–Kier alpha value is -1.14. The third-order valence-corrected chi connectivity index (χ3v) is 1.80. The van der Waals surface area contributed by atoms with E-state index in [0.717, 1.165) is 0 Å². The lowest BCUT2D eigenvalue weighted by Gasteiger charge is -2.12. The van der Waals surface area contributed by atoms with E-state index in [0.29, 0.717) is 19.1 Å². The number of halogens is 1. The molecule has 1 aromatic heterocycles. The first-order valence-corrected chi connectivity index (χ1v) is 5.34. The Morgan fingerprint density at radius 2 is 2.12 bits per heavy atom. The first-order valence-electron chi connectivity index (χ1n) is 4.96. The minimum absolute atomic E-state index is 0.102. The van der Waals surface area contributed by atoms with Gasteiger partial charge in [0.05, 0.1) is 6.61 Å². The highest BCUT2D eigenvalue weighted by Gasteiger charge is 2.09. The van der Waals surface area contributed by atoms with Crippen LogP contribution < -0.4 is 10.1 Å². The summed E-state index contributed by atoms with van der Waals surface area (Å²) in [6.07, 6.45) is -0.141. The van der Waals surface area contributed by atoms with Crippen molar-refractivity contribution in [2.24, 2.45) is 0 Å². The predicted molar refractivity (Wildman–Crippen MR) is 61.0 cm³/mol. The second kappa shape index (κ2) is 6.44. The van der Waals surface area contributed by atoms with Crippen LogP contribution in [0.2, 0.25) is 5.28 Å². The maximum Gasteiger partial charge on any atom is 0.322 e. The van der Waals surface area contributed by atoms with Gasteiger partial charge in [0.15, 0.2) is 0 Å². The number of anilines is 1. The van der Waals surface area contributed by atoms with Crippen molar-refractivity contribution in [1.82, 2.24) is 15.0 Å². The molecule has 0 aromatic carbocycles. The zero-order valence-corrected chi connectivity index (χ0v) is 10.3. The van der Waals surface area contributed by atoms with E-state index in [1.54, 1.807) is 7.11 Å². The van der Waals surface area contributed by atoms with E-state index < -0.39 is 0 Å². The van der Waals surface area contributed by atoms with Crippen molar-refractivity contribution in [1.29, 1.82) is 0 Å². The average molecular weight is 247 g/mol. The molecule has 0 amide bonds. The van der Waals surface area contributed by atoms with E-state index in [9.17, 15) is 0 Å². The third-order valence-electron chi connectivity index (χ3n) is 1.63. The predicted octanol–water partition coefficient (Wildman–Crippen LogP) is 1.37. The van der Waals surface area contributed by atoms with Crippen molar-refractivity contribution in [3.63, 3.8) is 0 Å². The van der Waals surface area contributed by atoms with Crippen LogP contribution in [0.3, 0.4) is 0 Å². The van der Waals surface area contributed by atoms with Gasteiger partial charge in [-0.15, -0.1) is 0 Å². The van der Waals surface area contributed by atoms with Crippen molar-refractivity contribution < 1.29 is 9.47 Å². The molecule has 0 fully saturated rings. The summed E-state index contributed by atoms with van der Waals surface area (Å²) in [5.74, 6) is 0.405. The molecule has 1 unspecified atom stereocenters. The summed E-state index contributed by atoms with van der Waals surface area (Å²) in [4.78, 5) is 11.8. The highest BCUT2D eigenvalue weighted by molar-refractivity contribution is 6.28. The van der Waals surface area contributed by atoms with E-state index in [2.05, 4.69) is 20.3 Å². The fourth-order valence-corrected chi connectivity index (χ4v) is 1.22. The second-order valence-corrected chi connectivity index (χ2v) is 3.46. The molecule has 0 aliphatic heterocycles. The Balaban J connectivity index is 2.71. The Morgan fingerprint density at radius 1 is 1.38 bits per heavy atom. The zero-order chi connectivity index (χ0) is 12.0. The number of ether oxygens (including phenoxy) is 2. The molecule has 0 radical (unpaired) electrons. The molecule has 1 N–H and O–H groups in total. The highest BCUT2D eigenvalue weighted by atomic mass is 35.5. The van der Waals surface area contributed by atoms with Gasteiger partial charge < -0.3 is 14.8 Å². The summed E-state index contributed by atoms with van der Waals surface area (Å²) in [7, 11) is 1.60. The number of rotatable bonds is 6. The second-order valence-electron chi connectivity index (χ2n) is 3.12. The van der Waals surface area contributed by atoms with Crippen molar-refractivity contribution in [2.75, 3.05) is 25.6 Å². The van der Waals surface area contributed by atoms with E-state index in [1.165, 1.54) is 0 Å². The SMILES string of the molecule is CCNc1nc(Cl)nc(OC(C)COC)n1. The Labute approximate surface area is 99.4 Å². The van der Waals surface area contributed by atoms with Gasteiger partial charge >= 0.3 is 6.01 Å². The van der Waals surface area contributed by atoms with Gasteiger partial charge in [-0.3, -0.25) is 0 Å². The first kappa shape index (κ1) is 12.9. The van der Waals surface area contributed by atoms with Gasteiger partial charge in [-0.2, -0.15) is 15.0 Å². The van der Waals surface area contributed by atoms with Crippen LogP contribution in [0, 0.1) is 0 Å². The lowest BCUT2D eigenvalue weighted by molar-refractivity contribution is 0.0855. The molecule has 1 atom stereocenters. The number of aromatic nitrogens is 3. The number of methoxy groups -OCH3 is 1. The molecule has 0 saturated heterocycles. The maximum atomic E-state index is 5.73. The molecule has 0 aliphatic rings. The monoisotopic (exact) mass is 246 g/mol. The van der Waals surface area contributed by atoms with E-state index in [1.807, 2.05) is 13.8 Å². The molecule has 0 aliphatic carbocycles. The molecule has 1 rings (SSSR count). The molecule has 90 valence electrons. The normalized spacial score (nSPS) is 12.2. The molecule has 1 heterocycles. The van der Waals surface area contributed by atoms with Crippen molar-refractivity contribution in [3.8, 4) is 6.01 Å². The minimum Gasteiger partial charge on any atom is -0.458 e. The third kappa shape index (κ3) is 4.16. The van der Waals surface area contributed by atoms with Crippen LogP contribution in [-0.4, -0.2) is 41.3 Å². The van der Waals surface area contributed by atoms with Crippen LogP contribution in [0.4, 0.5) is 5.95 Å². The van der Waals surface area contributed by atoms with Gasteiger partial charge in [0.25, 0.3) is 0 Å². The molecule has 1 aromatic rings. The minimum atomic E-state index is -0.141. The van der Waals surface area contributed by atoms with Crippen molar-refractivity contribution in [3.05, 3.63) is 5.28 Å². The first-order chi connectivity index (χ1) is 7.65. The topological polar surface area (TPSA) is 69.2 Å². The molecule has 7 heteroatoms. The molecular formula is C9H15ClN4O2. The summed E-state index contributed by atoms with van der Waals surface area (Å²) >= 11 is 5.73. The van der Waals surface area contributed by atoms with Crippen LogP contribution in [-0.2, 0) is 4.74 Å². The smallest absolute Gasteiger partial charge is 0.322 e. The van der Waals surface area contributed by atoms with Gasteiger partial charge in [0.1, 0.15) is 6.10 Å². The number of nitrogens with one attached hydrogen (secondary N) is 1. The van der Waals surface area contributed by atoms with Crippen LogP contribution >= 0.6 is 11.6 Å². The lowest BCUT2D eigenvalue weighted by atomic mass is 10.4. The molecule has 0 saturated carbocycles. The van der Waals surface area contributed by atoms with Crippen LogP contribution in [0.15, 0.2) is 0 Å². The van der Waals surface area contributed by atoms with Crippen molar-refractivity contribution in [2.45, 2.75) is 20.0 Å². The Kier molecular flexibility index (Phi) is 5.21. The summed E-state index contributed by atoms with van der Waals surface area (Å²) in [5, 5.41) is 3.04. The van der Waals surface area contributed by atoms with Crippen molar-refractivity contribution >= 4 is 17.5 Å². The van der Waals surface area contributed by atoms with E-state index >= 15 is 0 Å². The molecule has 6 nitrogen and oxygen atoms in total. The highest BCUT2D eigenvalue weighted by Crippen LogP contribution is 2.12. The van der Waals surface area contributed by atoms with Gasteiger partial charge in [-0.25, -0.2) is 0 Å². The number of hydrogen-bond donors (Lipinski definition) is 1.